The number of rotatable bonds is 5. The van der Waals surface area contributed by atoms with Crippen LogP contribution in [0, 0.1) is 0 Å². The third kappa shape index (κ3) is 2.75. The third-order valence-corrected chi connectivity index (χ3v) is 4.05. The lowest BCUT2D eigenvalue weighted by Crippen LogP contribution is -1.85. The molecule has 0 fully saturated rings. The molecule has 1 aromatic carbocycles. The summed E-state index contributed by atoms with van der Waals surface area (Å²) in [6.07, 6.45) is 8.67. The van der Waals surface area contributed by atoms with Crippen LogP contribution in [0.15, 0.2) is 34.7 Å². The van der Waals surface area contributed by atoms with Crippen LogP contribution in [0.4, 0.5) is 0 Å². The monoisotopic (exact) mass is 254 g/mol. The summed E-state index contributed by atoms with van der Waals surface area (Å²) in [7, 11) is 0. The van der Waals surface area contributed by atoms with E-state index in [0.29, 0.717) is 0 Å². The third-order valence-electron chi connectivity index (χ3n) is 4.05. The van der Waals surface area contributed by atoms with Gasteiger partial charge in [-0.15, -0.1) is 0 Å². The molecule has 1 aromatic heterocycles. The van der Waals surface area contributed by atoms with Gasteiger partial charge in [0.2, 0.25) is 0 Å². The first kappa shape index (κ1) is 12.5. The molecule has 2 aromatic rings. The van der Waals surface area contributed by atoms with E-state index < -0.39 is 0 Å². The normalized spacial score (nSPS) is 13.7. The largest absolute Gasteiger partial charge is 0.461 e. The molecule has 0 bridgehead atoms. The minimum absolute atomic E-state index is 1.05. The second kappa shape index (κ2) is 5.64. The number of furan rings is 1. The first-order valence-electron chi connectivity index (χ1n) is 7.57. The summed E-state index contributed by atoms with van der Waals surface area (Å²) in [6, 6.07) is 11.1. The van der Waals surface area contributed by atoms with E-state index in [9.17, 15) is 0 Å². The van der Waals surface area contributed by atoms with Crippen LogP contribution in [0.1, 0.15) is 49.5 Å². The molecule has 1 aliphatic rings. The van der Waals surface area contributed by atoms with E-state index >= 15 is 0 Å². The van der Waals surface area contributed by atoms with Gasteiger partial charge in [-0.25, -0.2) is 0 Å². The van der Waals surface area contributed by atoms with Crippen LogP contribution in [0.5, 0.6) is 0 Å². The number of fused-ring (bicyclic) bond motifs is 1. The van der Waals surface area contributed by atoms with E-state index in [-0.39, 0.29) is 0 Å². The second-order valence-corrected chi connectivity index (χ2v) is 5.57. The minimum atomic E-state index is 1.05. The fraction of sp³-hybridized carbons (Fsp3) is 0.444. The van der Waals surface area contributed by atoms with Crippen LogP contribution in [0.25, 0.3) is 11.3 Å². The first-order valence-corrected chi connectivity index (χ1v) is 7.57. The molecule has 0 aliphatic heterocycles. The summed E-state index contributed by atoms with van der Waals surface area (Å²) in [5.41, 5.74) is 4.08. The zero-order valence-corrected chi connectivity index (χ0v) is 11.7. The van der Waals surface area contributed by atoms with E-state index in [1.807, 2.05) is 0 Å². The molecule has 0 spiro atoms. The zero-order valence-electron chi connectivity index (χ0n) is 11.7. The average molecular weight is 254 g/mol. The highest BCUT2D eigenvalue weighted by atomic mass is 16.3. The fourth-order valence-electron chi connectivity index (χ4n) is 2.89. The second-order valence-electron chi connectivity index (χ2n) is 5.57. The van der Waals surface area contributed by atoms with Crippen molar-refractivity contribution in [1.82, 2.24) is 0 Å². The molecular weight excluding hydrogens is 232 g/mol. The molecule has 0 saturated carbocycles. The van der Waals surface area contributed by atoms with Gasteiger partial charge in [0.05, 0.1) is 0 Å². The van der Waals surface area contributed by atoms with Crippen LogP contribution in [-0.4, -0.2) is 0 Å². The van der Waals surface area contributed by atoms with Gasteiger partial charge >= 0.3 is 0 Å². The molecule has 0 atom stereocenters. The Morgan fingerprint density at radius 3 is 2.63 bits per heavy atom. The van der Waals surface area contributed by atoms with Gasteiger partial charge in [-0.1, -0.05) is 44.0 Å². The van der Waals surface area contributed by atoms with Crippen molar-refractivity contribution in [1.29, 1.82) is 0 Å². The standard InChI is InChI=1S/C18H22O/c1-2-3-4-6-14-9-11-15(12-10-14)18-13-16-7-5-8-17(16)19-18/h9-13H,2-8H2,1H3. The number of aryl methyl sites for hydroxylation is 3. The zero-order chi connectivity index (χ0) is 13.1. The van der Waals surface area contributed by atoms with E-state index in [1.54, 1.807) is 0 Å². The number of benzene rings is 1. The molecule has 3 rings (SSSR count). The van der Waals surface area contributed by atoms with Crippen molar-refractivity contribution in [2.24, 2.45) is 0 Å². The molecule has 1 aliphatic carbocycles. The molecule has 0 unspecified atom stereocenters. The Kier molecular flexibility index (Phi) is 3.72. The maximum absolute atomic E-state index is 5.95. The first-order chi connectivity index (χ1) is 9.36. The van der Waals surface area contributed by atoms with Crippen molar-refractivity contribution in [3.05, 3.63) is 47.2 Å². The molecule has 0 N–H and O–H groups in total. The average Bonchev–Trinajstić information content (AvgIpc) is 3.01. The summed E-state index contributed by atoms with van der Waals surface area (Å²) >= 11 is 0. The summed E-state index contributed by atoms with van der Waals surface area (Å²) in [5.74, 6) is 2.26. The van der Waals surface area contributed by atoms with E-state index in [2.05, 4.69) is 37.3 Å². The van der Waals surface area contributed by atoms with Crippen molar-refractivity contribution >= 4 is 0 Å². The maximum Gasteiger partial charge on any atom is 0.134 e. The van der Waals surface area contributed by atoms with E-state index in [4.69, 9.17) is 4.42 Å². The molecule has 19 heavy (non-hydrogen) atoms. The molecule has 1 heteroatoms. The molecular formula is C18H22O. The molecule has 0 saturated heterocycles. The van der Waals surface area contributed by atoms with Gasteiger partial charge in [0, 0.05) is 12.0 Å². The van der Waals surface area contributed by atoms with Crippen LogP contribution in [-0.2, 0) is 19.3 Å². The lowest BCUT2D eigenvalue weighted by Gasteiger charge is -2.02. The predicted molar refractivity (Wildman–Crippen MR) is 79.4 cm³/mol. The number of hydrogen-bond donors (Lipinski definition) is 0. The van der Waals surface area contributed by atoms with Gasteiger partial charge in [0.25, 0.3) is 0 Å². The van der Waals surface area contributed by atoms with Crippen molar-refractivity contribution in [2.75, 3.05) is 0 Å². The minimum Gasteiger partial charge on any atom is -0.461 e. The Balaban J connectivity index is 1.71. The van der Waals surface area contributed by atoms with Gasteiger partial charge in [0.15, 0.2) is 0 Å². The summed E-state index contributed by atoms with van der Waals surface area (Å²) in [5, 5.41) is 0. The highest BCUT2D eigenvalue weighted by Gasteiger charge is 2.17. The van der Waals surface area contributed by atoms with Gasteiger partial charge in [0.1, 0.15) is 11.5 Å². The molecule has 0 radical (unpaired) electrons. The van der Waals surface area contributed by atoms with Crippen molar-refractivity contribution in [3.8, 4) is 11.3 Å². The fourth-order valence-corrected chi connectivity index (χ4v) is 2.89. The van der Waals surface area contributed by atoms with E-state index in [1.165, 1.54) is 61.0 Å². The van der Waals surface area contributed by atoms with Crippen molar-refractivity contribution in [3.63, 3.8) is 0 Å². The SMILES string of the molecule is CCCCCc1ccc(-c2cc3c(o2)CCC3)cc1. The maximum atomic E-state index is 5.95. The quantitative estimate of drug-likeness (QED) is 0.671. The van der Waals surface area contributed by atoms with E-state index in [0.717, 1.165) is 12.2 Å². The smallest absolute Gasteiger partial charge is 0.134 e. The predicted octanol–water partition coefficient (Wildman–Crippen LogP) is 5.17. The summed E-state index contributed by atoms with van der Waals surface area (Å²) in [6.45, 7) is 2.25. The lowest BCUT2D eigenvalue weighted by molar-refractivity contribution is 0.529. The number of hydrogen-bond acceptors (Lipinski definition) is 1. The van der Waals surface area contributed by atoms with Gasteiger partial charge in [-0.3, -0.25) is 0 Å². The van der Waals surface area contributed by atoms with Crippen molar-refractivity contribution < 1.29 is 4.42 Å². The Morgan fingerprint density at radius 2 is 1.89 bits per heavy atom. The highest BCUT2D eigenvalue weighted by molar-refractivity contribution is 5.59. The summed E-state index contributed by atoms with van der Waals surface area (Å²) in [4.78, 5) is 0. The van der Waals surface area contributed by atoms with Gasteiger partial charge in [-0.2, -0.15) is 0 Å². The van der Waals surface area contributed by atoms with Crippen LogP contribution >= 0.6 is 0 Å². The van der Waals surface area contributed by atoms with Gasteiger partial charge in [-0.05, 0) is 42.9 Å². The molecule has 1 heterocycles. The Labute approximate surface area is 115 Å². The Hall–Kier alpha value is -1.50. The van der Waals surface area contributed by atoms with Crippen LogP contribution in [0.3, 0.4) is 0 Å². The molecule has 1 nitrogen and oxygen atoms in total. The van der Waals surface area contributed by atoms with Crippen LogP contribution in [0.2, 0.25) is 0 Å². The number of unbranched alkanes of at least 4 members (excludes halogenated alkanes) is 2. The van der Waals surface area contributed by atoms with Crippen LogP contribution < -0.4 is 0 Å². The highest BCUT2D eigenvalue weighted by Crippen LogP contribution is 2.31. The Morgan fingerprint density at radius 1 is 1.05 bits per heavy atom. The van der Waals surface area contributed by atoms with Crippen molar-refractivity contribution in [2.45, 2.75) is 51.9 Å². The topological polar surface area (TPSA) is 13.1 Å². The Bertz CT molecular complexity index is 512. The summed E-state index contributed by atoms with van der Waals surface area (Å²) < 4.78 is 5.95. The van der Waals surface area contributed by atoms with Gasteiger partial charge < -0.3 is 4.42 Å². The molecule has 0 amide bonds. The molecule has 100 valence electrons. The lowest BCUT2D eigenvalue weighted by atomic mass is 10.0.